The summed E-state index contributed by atoms with van der Waals surface area (Å²) in [5, 5.41) is 0. The Morgan fingerprint density at radius 1 is 0.153 bits per heavy atom. The summed E-state index contributed by atoms with van der Waals surface area (Å²) in [7, 11) is 0. The second-order valence-electron chi connectivity index (χ2n) is 21.4. The van der Waals surface area contributed by atoms with E-state index < -0.39 is 0 Å². The maximum Gasteiger partial charge on any atom is -0.0305 e. The highest BCUT2D eigenvalue weighted by molar-refractivity contribution is 5.30. The third-order valence-electron chi connectivity index (χ3n) is 14.6. The van der Waals surface area contributed by atoms with Gasteiger partial charge in [-0.2, -0.15) is 0 Å². The van der Waals surface area contributed by atoms with Crippen molar-refractivity contribution in [1.29, 1.82) is 0 Å². The molecule has 0 aromatic heterocycles. The number of allylic oxidation sites excluding steroid dienone is 12. The van der Waals surface area contributed by atoms with Crippen LogP contribution in [0.3, 0.4) is 0 Å². The monoisotopic (exact) mass is 1520 g/mol. The summed E-state index contributed by atoms with van der Waals surface area (Å²) in [5.74, 6) is 0. The molecule has 0 saturated carbocycles. The summed E-state index contributed by atoms with van der Waals surface area (Å²) in [6.45, 7) is 86.7. The molecule has 111 heavy (non-hydrogen) atoms. The Morgan fingerprint density at radius 2 is 0.225 bits per heavy atom. The second kappa shape index (κ2) is 123. The maximum atomic E-state index is 2.18. The molecule has 0 aliphatic rings. The van der Waals surface area contributed by atoms with Crippen molar-refractivity contribution >= 4 is 0 Å². The van der Waals surface area contributed by atoms with Gasteiger partial charge >= 0.3 is 0 Å². The van der Waals surface area contributed by atoms with E-state index in [0.717, 1.165) is 51.4 Å². The van der Waals surface area contributed by atoms with E-state index in [1.807, 2.05) is 253 Å². The smallest absolute Gasteiger partial charge is 0.0305 e. The van der Waals surface area contributed by atoms with E-state index in [1.165, 1.54) is 89.0 Å². The molecule has 8 aromatic rings. The fourth-order valence-electron chi connectivity index (χ4n) is 8.72. The zero-order valence-electron chi connectivity index (χ0n) is 81.1. The first-order valence-corrected chi connectivity index (χ1v) is 43.6. The molecule has 0 heterocycles. The SMILES string of the molecule is C.C/C=C\C=C/C.C/C=C\C=C/C.C/C=C\C=C/C.CC.CC.CC.CC.CC.CC.CC.CC.CC.CC.CCc1ccccc1C.CCc1ccccc1C.CCc1ccccc1C.CCc1ccccc1C.CCc1ccccc1C.CCc1ccccc1C.CCc1ccccc1C.CCc1ccccc1C. The number of benzene rings is 8. The first-order chi connectivity index (χ1) is 53.5. The molecule has 634 valence electrons. The minimum absolute atomic E-state index is 0. The lowest BCUT2D eigenvalue weighted by Crippen LogP contribution is -1.82. The predicted octanol–water partition coefficient (Wildman–Crippen LogP) is 37.8. The van der Waals surface area contributed by atoms with Gasteiger partial charge in [-0.3, -0.25) is 0 Å². The van der Waals surface area contributed by atoms with Gasteiger partial charge in [0, 0.05) is 0 Å². The standard InChI is InChI=1S/8C9H12.3C6H10.10C2H6.CH4/c8*1-3-9-7-5-4-6-8(9)2;3*1-3-5-6-4-2;10*1-2;/h8*4-7H,3H2,1-2H3;3*3-6H,1-2H3;10*1-2H3;1H4/b;;;;;;;;3*5-3-,6-4-;;;;;;;;;;;. The van der Waals surface area contributed by atoms with Crippen molar-refractivity contribution in [2.24, 2.45) is 0 Å². The topological polar surface area (TPSA) is 0 Å². The summed E-state index contributed by atoms with van der Waals surface area (Å²) in [6.07, 6.45) is 33.2. The largest absolute Gasteiger partial charge is 0.0877 e. The average Bonchev–Trinajstić information content (AvgIpc) is 1.07. The molecule has 0 nitrogen and oxygen atoms in total. The Hall–Kier alpha value is -7.80. The van der Waals surface area contributed by atoms with Crippen molar-refractivity contribution in [2.75, 3.05) is 0 Å². The molecular weight excluding hydrogens is 1330 g/mol. The third kappa shape index (κ3) is 92.7. The van der Waals surface area contributed by atoms with Gasteiger partial charge in [0.2, 0.25) is 0 Å². The molecule has 0 spiro atoms. The van der Waals surface area contributed by atoms with E-state index in [1.54, 1.807) is 0 Å². The van der Waals surface area contributed by atoms with Gasteiger partial charge in [-0.25, -0.2) is 0 Å². The number of hydrogen-bond acceptors (Lipinski definition) is 0. The fourth-order valence-corrected chi connectivity index (χ4v) is 8.72. The molecule has 0 fully saturated rings. The van der Waals surface area contributed by atoms with E-state index in [9.17, 15) is 0 Å². The van der Waals surface area contributed by atoms with E-state index in [-0.39, 0.29) is 7.43 Å². The van der Waals surface area contributed by atoms with E-state index in [0.29, 0.717) is 0 Å². The van der Waals surface area contributed by atoms with Crippen molar-refractivity contribution in [1.82, 2.24) is 0 Å². The number of rotatable bonds is 11. The zero-order valence-corrected chi connectivity index (χ0v) is 81.1. The van der Waals surface area contributed by atoms with Crippen LogP contribution in [0.5, 0.6) is 0 Å². The molecular formula is C111H190. The number of hydrogen-bond donors (Lipinski definition) is 0. The minimum Gasteiger partial charge on any atom is -0.0877 e. The van der Waals surface area contributed by atoms with Crippen molar-refractivity contribution in [3.05, 3.63) is 356 Å². The minimum atomic E-state index is 0. The van der Waals surface area contributed by atoms with Crippen LogP contribution in [0.1, 0.15) is 332 Å². The van der Waals surface area contributed by atoms with Crippen molar-refractivity contribution in [2.45, 2.75) is 350 Å². The first-order valence-electron chi connectivity index (χ1n) is 43.6. The van der Waals surface area contributed by atoms with Gasteiger partial charge in [0.1, 0.15) is 0 Å². The molecule has 0 aliphatic carbocycles. The molecule has 8 rings (SSSR count). The quantitative estimate of drug-likeness (QED) is 0.113. The first kappa shape index (κ1) is 135. The van der Waals surface area contributed by atoms with Crippen LogP contribution < -0.4 is 0 Å². The molecule has 0 bridgehead atoms. The van der Waals surface area contributed by atoms with E-state index in [4.69, 9.17) is 0 Å². The fraction of sp³-hybridized carbons (Fsp3) is 0.459. The molecule has 8 aromatic carbocycles. The van der Waals surface area contributed by atoms with E-state index in [2.05, 4.69) is 305 Å². The normalized spacial score (nSPS) is 8.63. The molecule has 0 N–H and O–H groups in total. The Balaban J connectivity index is -0.0000000760. The highest BCUT2D eigenvalue weighted by Crippen LogP contribution is 2.12. The summed E-state index contributed by atoms with van der Waals surface area (Å²) in [4.78, 5) is 0. The van der Waals surface area contributed by atoms with Crippen LogP contribution in [0.25, 0.3) is 0 Å². The van der Waals surface area contributed by atoms with Crippen LogP contribution >= 0.6 is 0 Å². The van der Waals surface area contributed by atoms with Gasteiger partial charge in [0.25, 0.3) is 0 Å². The molecule has 0 saturated heterocycles. The predicted molar refractivity (Wildman–Crippen MR) is 534 cm³/mol. The second-order valence-corrected chi connectivity index (χ2v) is 21.4. The van der Waals surface area contributed by atoms with Crippen LogP contribution in [0, 0.1) is 55.4 Å². The van der Waals surface area contributed by atoms with Gasteiger partial charge in [-0.05, 0) is 237 Å². The van der Waals surface area contributed by atoms with Gasteiger partial charge in [-0.1, -0.05) is 468 Å². The summed E-state index contributed by atoms with van der Waals surface area (Å²) >= 11 is 0. The van der Waals surface area contributed by atoms with Crippen molar-refractivity contribution in [3.8, 4) is 0 Å². The van der Waals surface area contributed by atoms with E-state index >= 15 is 0 Å². The van der Waals surface area contributed by atoms with Crippen LogP contribution in [0.2, 0.25) is 0 Å². The van der Waals surface area contributed by atoms with Crippen molar-refractivity contribution < 1.29 is 0 Å². The zero-order chi connectivity index (χ0) is 88.0. The molecule has 0 aliphatic heterocycles. The molecule has 0 heteroatoms. The summed E-state index contributed by atoms with van der Waals surface area (Å²) in [6, 6.07) is 68.0. The number of aryl methyl sites for hydroxylation is 16. The summed E-state index contributed by atoms with van der Waals surface area (Å²) < 4.78 is 0. The molecule has 0 atom stereocenters. The van der Waals surface area contributed by atoms with Crippen molar-refractivity contribution in [3.63, 3.8) is 0 Å². The van der Waals surface area contributed by atoms with Gasteiger partial charge in [-0.15, -0.1) is 0 Å². The highest BCUT2D eigenvalue weighted by atomic mass is 14.0. The van der Waals surface area contributed by atoms with Crippen LogP contribution in [0.4, 0.5) is 0 Å². The lowest BCUT2D eigenvalue weighted by atomic mass is 10.1. The Bertz CT molecular complexity index is 2500. The lowest BCUT2D eigenvalue weighted by Gasteiger charge is -1.98. The Labute approximate surface area is 701 Å². The van der Waals surface area contributed by atoms with Gasteiger partial charge in [0.05, 0.1) is 0 Å². The summed E-state index contributed by atoms with van der Waals surface area (Å²) in [5.41, 5.74) is 22.9. The molecule has 0 amide bonds. The molecule has 0 radical (unpaired) electrons. The van der Waals surface area contributed by atoms with Crippen LogP contribution in [-0.2, 0) is 51.4 Å². The highest BCUT2D eigenvalue weighted by Gasteiger charge is 1.95. The molecule has 0 unspecified atom stereocenters. The average molecular weight is 1520 g/mol. The van der Waals surface area contributed by atoms with Crippen LogP contribution in [0.15, 0.2) is 267 Å². The Morgan fingerprint density at radius 3 is 0.270 bits per heavy atom. The van der Waals surface area contributed by atoms with Crippen LogP contribution in [-0.4, -0.2) is 0 Å². The van der Waals surface area contributed by atoms with Gasteiger partial charge in [0.15, 0.2) is 0 Å². The maximum absolute atomic E-state index is 2.18. The van der Waals surface area contributed by atoms with Gasteiger partial charge < -0.3 is 0 Å². The third-order valence-corrected chi connectivity index (χ3v) is 14.6. The Kier molecular flexibility index (Phi) is 150. The lowest BCUT2D eigenvalue weighted by molar-refractivity contribution is 1.11.